The number of para-hydroxylation sites is 1. The molecule has 0 aliphatic heterocycles. The molecule has 3 heteroatoms. The molecule has 1 aromatic carbocycles. The van der Waals surface area contributed by atoms with Crippen molar-refractivity contribution >= 4 is 17.1 Å². The van der Waals surface area contributed by atoms with Gasteiger partial charge in [-0.15, -0.1) is 0 Å². The van der Waals surface area contributed by atoms with E-state index in [2.05, 4.69) is 0 Å². The molecule has 0 saturated carbocycles. The van der Waals surface area contributed by atoms with Crippen LogP contribution in [-0.2, 0) is 7.05 Å². The number of fused-ring (bicyclic) bond motifs is 1. The molecule has 72 valence electrons. The molecule has 0 bridgehead atoms. The molecular weight excluding hydrogens is 176 g/mol. The normalized spacial score (nSPS) is 12.3. The van der Waals surface area contributed by atoms with E-state index in [1.54, 1.807) is 6.21 Å². The third-order valence-electron chi connectivity index (χ3n) is 2.25. The van der Waals surface area contributed by atoms with Gasteiger partial charge < -0.3 is 9.77 Å². The molecule has 0 amide bonds. The third kappa shape index (κ3) is 1.37. The smallest absolute Gasteiger partial charge is 0.183 e. The molecule has 2 rings (SSSR count). The molecule has 0 radical (unpaired) electrons. The highest BCUT2D eigenvalue weighted by Crippen LogP contribution is 2.18. The summed E-state index contributed by atoms with van der Waals surface area (Å²) in [6, 6.07) is 8.03. The van der Waals surface area contributed by atoms with E-state index in [1.165, 1.54) is 7.05 Å². The lowest BCUT2D eigenvalue weighted by Crippen LogP contribution is -1.96. The number of benzene rings is 1. The lowest BCUT2D eigenvalue weighted by molar-refractivity contribution is -0.416. The first kappa shape index (κ1) is 8.81. The lowest BCUT2D eigenvalue weighted by atomic mass is 10.2. The van der Waals surface area contributed by atoms with Crippen molar-refractivity contribution in [1.29, 1.82) is 0 Å². The Bertz CT molecular complexity index is 493. The van der Waals surface area contributed by atoms with E-state index in [4.69, 9.17) is 0 Å². The number of nitrogens with zero attached hydrogens (tertiary/aromatic N) is 2. The van der Waals surface area contributed by atoms with Crippen molar-refractivity contribution < 1.29 is 4.74 Å². The standard InChI is InChI=1S/C11H12N2O/c1-12-7-9(8-13(2)14)10-5-3-4-6-11(10)12/h3-8H,1-2H3/b13-8-. The number of aryl methyl sites for hydroxylation is 1. The van der Waals surface area contributed by atoms with Gasteiger partial charge in [0.15, 0.2) is 6.21 Å². The Hall–Kier alpha value is -1.77. The summed E-state index contributed by atoms with van der Waals surface area (Å²) in [5.74, 6) is 0. The Morgan fingerprint density at radius 3 is 2.79 bits per heavy atom. The molecular formula is C11H12N2O. The number of aromatic nitrogens is 1. The summed E-state index contributed by atoms with van der Waals surface area (Å²) in [5.41, 5.74) is 2.10. The average Bonchev–Trinajstić information content (AvgIpc) is 2.44. The Morgan fingerprint density at radius 2 is 2.07 bits per heavy atom. The zero-order valence-electron chi connectivity index (χ0n) is 8.27. The zero-order valence-corrected chi connectivity index (χ0v) is 8.27. The van der Waals surface area contributed by atoms with Crippen molar-refractivity contribution in [2.75, 3.05) is 7.05 Å². The fraction of sp³-hybridized carbons (Fsp3) is 0.182. The summed E-state index contributed by atoms with van der Waals surface area (Å²) in [5, 5.41) is 12.0. The molecule has 0 atom stereocenters. The van der Waals surface area contributed by atoms with Crippen LogP contribution in [0.5, 0.6) is 0 Å². The second kappa shape index (κ2) is 3.18. The van der Waals surface area contributed by atoms with Crippen LogP contribution in [0.1, 0.15) is 5.56 Å². The molecule has 0 aliphatic carbocycles. The summed E-state index contributed by atoms with van der Waals surface area (Å²) in [6.45, 7) is 0. The van der Waals surface area contributed by atoms with Crippen molar-refractivity contribution in [3.8, 4) is 0 Å². The summed E-state index contributed by atoms with van der Waals surface area (Å²) >= 11 is 0. The molecule has 0 spiro atoms. The van der Waals surface area contributed by atoms with Gasteiger partial charge in [-0.3, -0.25) is 0 Å². The van der Waals surface area contributed by atoms with Gasteiger partial charge in [0.1, 0.15) is 7.05 Å². The molecule has 0 fully saturated rings. The van der Waals surface area contributed by atoms with Crippen molar-refractivity contribution in [2.24, 2.45) is 7.05 Å². The highest BCUT2D eigenvalue weighted by Gasteiger charge is 2.05. The predicted octanol–water partition coefficient (Wildman–Crippen LogP) is 1.74. The molecule has 1 heterocycles. The van der Waals surface area contributed by atoms with Gasteiger partial charge in [0.25, 0.3) is 0 Å². The van der Waals surface area contributed by atoms with Crippen LogP contribution in [0.3, 0.4) is 0 Å². The first-order valence-electron chi connectivity index (χ1n) is 4.47. The van der Waals surface area contributed by atoms with Crippen LogP contribution in [0.25, 0.3) is 10.9 Å². The summed E-state index contributed by atoms with van der Waals surface area (Å²) in [7, 11) is 3.46. The van der Waals surface area contributed by atoms with E-state index in [1.807, 2.05) is 42.1 Å². The monoisotopic (exact) mass is 188 g/mol. The van der Waals surface area contributed by atoms with Gasteiger partial charge in [-0.1, -0.05) is 18.2 Å². The number of hydrogen-bond acceptors (Lipinski definition) is 1. The van der Waals surface area contributed by atoms with E-state index in [-0.39, 0.29) is 0 Å². The predicted molar refractivity (Wildman–Crippen MR) is 57.6 cm³/mol. The second-order valence-electron chi connectivity index (χ2n) is 3.39. The molecule has 0 saturated heterocycles. The maximum atomic E-state index is 10.9. The van der Waals surface area contributed by atoms with Gasteiger partial charge in [-0.05, 0) is 6.07 Å². The second-order valence-corrected chi connectivity index (χ2v) is 3.39. The summed E-state index contributed by atoms with van der Waals surface area (Å²) in [6.07, 6.45) is 3.54. The summed E-state index contributed by atoms with van der Waals surface area (Å²) < 4.78 is 2.84. The quantitative estimate of drug-likeness (QED) is 0.290. The van der Waals surface area contributed by atoms with Crippen molar-refractivity contribution in [3.63, 3.8) is 0 Å². The van der Waals surface area contributed by atoms with Crippen LogP contribution in [0, 0.1) is 5.21 Å². The fourth-order valence-corrected chi connectivity index (χ4v) is 1.67. The first-order valence-corrected chi connectivity index (χ1v) is 4.47. The van der Waals surface area contributed by atoms with Crippen molar-refractivity contribution in [3.05, 3.63) is 41.2 Å². The zero-order chi connectivity index (χ0) is 10.1. The Balaban J connectivity index is 2.73. The Labute approximate surface area is 82.5 Å². The highest BCUT2D eigenvalue weighted by molar-refractivity contribution is 5.97. The lowest BCUT2D eigenvalue weighted by Gasteiger charge is -1.94. The van der Waals surface area contributed by atoms with Crippen molar-refractivity contribution in [1.82, 2.24) is 4.57 Å². The van der Waals surface area contributed by atoms with Gasteiger partial charge in [-0.2, -0.15) is 0 Å². The molecule has 0 unspecified atom stereocenters. The van der Waals surface area contributed by atoms with Crippen LogP contribution in [0.2, 0.25) is 0 Å². The molecule has 14 heavy (non-hydrogen) atoms. The largest absolute Gasteiger partial charge is 0.624 e. The Morgan fingerprint density at radius 1 is 1.36 bits per heavy atom. The van der Waals surface area contributed by atoms with Crippen molar-refractivity contribution in [2.45, 2.75) is 0 Å². The van der Waals surface area contributed by atoms with E-state index in [9.17, 15) is 5.21 Å². The van der Waals surface area contributed by atoms with Crippen LogP contribution >= 0.6 is 0 Å². The minimum absolute atomic E-state index is 0.821. The van der Waals surface area contributed by atoms with Gasteiger partial charge in [0.05, 0.1) is 5.56 Å². The molecule has 0 aliphatic rings. The van der Waals surface area contributed by atoms with Crippen LogP contribution in [0.15, 0.2) is 30.5 Å². The van der Waals surface area contributed by atoms with Gasteiger partial charge in [0.2, 0.25) is 0 Å². The highest BCUT2D eigenvalue weighted by atomic mass is 16.5. The average molecular weight is 188 g/mol. The van der Waals surface area contributed by atoms with Gasteiger partial charge in [-0.25, -0.2) is 4.74 Å². The van der Waals surface area contributed by atoms with E-state index in [0.717, 1.165) is 21.2 Å². The molecule has 2 aromatic rings. The van der Waals surface area contributed by atoms with E-state index in [0.29, 0.717) is 0 Å². The number of rotatable bonds is 1. The van der Waals surface area contributed by atoms with Gasteiger partial charge >= 0.3 is 0 Å². The number of hydrogen-bond donors (Lipinski definition) is 0. The minimum atomic E-state index is 0.821. The number of hydroxylamine groups is 1. The summed E-state index contributed by atoms with van der Waals surface area (Å²) in [4.78, 5) is 0. The Kier molecular flexibility index (Phi) is 2.00. The molecule has 0 N–H and O–H groups in total. The first-order chi connectivity index (χ1) is 6.68. The maximum Gasteiger partial charge on any atom is 0.183 e. The van der Waals surface area contributed by atoms with E-state index < -0.39 is 0 Å². The topological polar surface area (TPSA) is 31.0 Å². The van der Waals surface area contributed by atoms with Crippen LogP contribution in [0.4, 0.5) is 0 Å². The minimum Gasteiger partial charge on any atom is -0.624 e. The molecule has 3 nitrogen and oxygen atoms in total. The molecule has 1 aromatic heterocycles. The maximum absolute atomic E-state index is 10.9. The van der Waals surface area contributed by atoms with Crippen LogP contribution < -0.4 is 0 Å². The van der Waals surface area contributed by atoms with E-state index >= 15 is 0 Å². The fourth-order valence-electron chi connectivity index (χ4n) is 1.67. The SMILES string of the molecule is Cn1cc(/C=[N+](/C)[O-])c2ccccc21. The van der Waals surface area contributed by atoms with Crippen LogP contribution in [-0.4, -0.2) is 22.6 Å². The van der Waals surface area contributed by atoms with Gasteiger partial charge in [0, 0.05) is 24.1 Å². The third-order valence-corrected chi connectivity index (χ3v) is 2.25.